The highest BCUT2D eigenvalue weighted by Crippen LogP contribution is 2.28. The van der Waals surface area contributed by atoms with Gasteiger partial charge in [0, 0.05) is 25.2 Å². The summed E-state index contributed by atoms with van der Waals surface area (Å²) in [5.74, 6) is -1.67. The summed E-state index contributed by atoms with van der Waals surface area (Å²) in [6, 6.07) is 4.56. The Bertz CT molecular complexity index is 765. The fraction of sp³-hybridized carbons (Fsp3) is 0.412. The molecular formula is C17H17F5N4. The Morgan fingerprint density at radius 2 is 1.92 bits per heavy atom. The Labute approximate surface area is 147 Å². The maximum Gasteiger partial charge on any atom is 0.433 e. The molecule has 140 valence electrons. The van der Waals surface area contributed by atoms with Crippen LogP contribution in [0.25, 0.3) is 0 Å². The first-order chi connectivity index (χ1) is 12.3. The van der Waals surface area contributed by atoms with E-state index >= 15 is 0 Å². The lowest BCUT2D eigenvalue weighted by atomic mass is 10.0. The van der Waals surface area contributed by atoms with Crippen LogP contribution in [0.2, 0.25) is 0 Å². The summed E-state index contributed by atoms with van der Waals surface area (Å²) >= 11 is 0. The van der Waals surface area contributed by atoms with Gasteiger partial charge in [0.25, 0.3) is 0 Å². The van der Waals surface area contributed by atoms with Crippen molar-refractivity contribution in [3.63, 3.8) is 0 Å². The molecule has 9 heteroatoms. The topological polar surface area (TPSA) is 41.0 Å². The zero-order chi connectivity index (χ0) is 18.7. The number of likely N-dealkylation sites (tertiary alicyclic amines) is 1. The minimum Gasteiger partial charge on any atom is -0.366 e. The highest BCUT2D eigenvalue weighted by molar-refractivity contribution is 5.37. The van der Waals surface area contributed by atoms with Crippen LogP contribution in [0.4, 0.5) is 27.8 Å². The van der Waals surface area contributed by atoms with Gasteiger partial charge in [-0.1, -0.05) is 6.07 Å². The lowest BCUT2D eigenvalue weighted by Gasteiger charge is -2.33. The predicted octanol–water partition coefficient (Wildman–Crippen LogP) is 3.85. The number of piperidine rings is 1. The number of nitrogens with zero attached hydrogens (tertiary/aromatic N) is 3. The number of rotatable bonds is 4. The summed E-state index contributed by atoms with van der Waals surface area (Å²) in [6.45, 7) is 1.77. The molecule has 0 aliphatic carbocycles. The SMILES string of the molecule is Fc1ccc(CN2CCCC(Nc3cc(C(F)(F)F)ncn3)C2)cc1F. The van der Waals surface area contributed by atoms with Gasteiger partial charge in [-0.2, -0.15) is 13.2 Å². The second-order valence-electron chi connectivity index (χ2n) is 6.25. The highest BCUT2D eigenvalue weighted by Gasteiger charge is 2.33. The van der Waals surface area contributed by atoms with E-state index < -0.39 is 23.5 Å². The zero-order valence-corrected chi connectivity index (χ0v) is 13.7. The van der Waals surface area contributed by atoms with Gasteiger partial charge in [0.1, 0.15) is 17.8 Å². The molecule has 1 fully saturated rings. The third-order valence-corrected chi connectivity index (χ3v) is 4.21. The molecule has 2 aromatic rings. The van der Waals surface area contributed by atoms with Crippen molar-refractivity contribution in [3.05, 3.63) is 53.5 Å². The van der Waals surface area contributed by atoms with Gasteiger partial charge >= 0.3 is 6.18 Å². The number of aromatic nitrogens is 2. The number of halogens is 5. The van der Waals surface area contributed by atoms with Crippen molar-refractivity contribution in [2.45, 2.75) is 31.6 Å². The Morgan fingerprint density at radius 3 is 2.65 bits per heavy atom. The van der Waals surface area contributed by atoms with E-state index in [0.29, 0.717) is 18.7 Å². The Kier molecular flexibility index (Phi) is 5.36. The van der Waals surface area contributed by atoms with Gasteiger partial charge in [-0.25, -0.2) is 18.7 Å². The fourth-order valence-electron chi connectivity index (χ4n) is 3.01. The second-order valence-corrected chi connectivity index (χ2v) is 6.25. The van der Waals surface area contributed by atoms with Gasteiger partial charge in [0.05, 0.1) is 0 Å². The summed E-state index contributed by atoms with van der Waals surface area (Å²) in [4.78, 5) is 9.12. The molecule has 4 nitrogen and oxygen atoms in total. The van der Waals surface area contributed by atoms with E-state index in [4.69, 9.17) is 0 Å². The average molecular weight is 372 g/mol. The van der Waals surface area contributed by atoms with Crippen LogP contribution >= 0.6 is 0 Å². The quantitative estimate of drug-likeness (QED) is 0.828. The summed E-state index contributed by atoms with van der Waals surface area (Å²) in [7, 11) is 0. The van der Waals surface area contributed by atoms with Crippen molar-refractivity contribution in [3.8, 4) is 0 Å². The number of alkyl halides is 3. The number of benzene rings is 1. The smallest absolute Gasteiger partial charge is 0.366 e. The van der Waals surface area contributed by atoms with E-state index in [1.165, 1.54) is 6.07 Å². The average Bonchev–Trinajstić information content (AvgIpc) is 2.58. The van der Waals surface area contributed by atoms with Gasteiger partial charge in [-0.15, -0.1) is 0 Å². The minimum atomic E-state index is -4.52. The molecule has 26 heavy (non-hydrogen) atoms. The monoisotopic (exact) mass is 372 g/mol. The molecule has 1 aliphatic rings. The zero-order valence-electron chi connectivity index (χ0n) is 13.7. The van der Waals surface area contributed by atoms with Crippen LogP contribution in [0.1, 0.15) is 24.1 Å². The van der Waals surface area contributed by atoms with E-state index in [2.05, 4.69) is 15.3 Å². The summed E-state index contributed by atoms with van der Waals surface area (Å²) < 4.78 is 64.5. The molecule has 0 amide bonds. The van der Waals surface area contributed by atoms with Crippen LogP contribution in [-0.4, -0.2) is 34.0 Å². The molecule has 1 aliphatic heterocycles. The molecular weight excluding hydrogens is 355 g/mol. The van der Waals surface area contributed by atoms with Crippen molar-refractivity contribution < 1.29 is 22.0 Å². The van der Waals surface area contributed by atoms with Crippen LogP contribution in [0, 0.1) is 11.6 Å². The van der Waals surface area contributed by atoms with E-state index in [-0.39, 0.29) is 11.9 Å². The second kappa shape index (κ2) is 7.53. The van der Waals surface area contributed by atoms with Gasteiger partial charge in [-0.3, -0.25) is 4.90 Å². The third kappa shape index (κ3) is 4.66. The van der Waals surface area contributed by atoms with Crippen molar-refractivity contribution in [2.24, 2.45) is 0 Å². The molecule has 0 saturated carbocycles. The van der Waals surface area contributed by atoms with E-state index in [0.717, 1.165) is 43.9 Å². The third-order valence-electron chi connectivity index (χ3n) is 4.21. The summed E-state index contributed by atoms with van der Waals surface area (Å²) in [6.07, 6.45) is -2.03. The molecule has 0 spiro atoms. The van der Waals surface area contributed by atoms with E-state index in [9.17, 15) is 22.0 Å². The Morgan fingerprint density at radius 1 is 1.12 bits per heavy atom. The minimum absolute atomic E-state index is 0.0926. The molecule has 3 rings (SSSR count). The van der Waals surface area contributed by atoms with Crippen LogP contribution in [-0.2, 0) is 12.7 Å². The Balaban J connectivity index is 1.62. The molecule has 0 radical (unpaired) electrons. The molecule has 1 unspecified atom stereocenters. The number of nitrogens with one attached hydrogen (secondary N) is 1. The van der Waals surface area contributed by atoms with Gasteiger partial charge in [0.15, 0.2) is 11.6 Å². The van der Waals surface area contributed by atoms with Crippen LogP contribution in [0.3, 0.4) is 0 Å². The van der Waals surface area contributed by atoms with Crippen LogP contribution < -0.4 is 5.32 Å². The lowest BCUT2D eigenvalue weighted by Crippen LogP contribution is -2.41. The van der Waals surface area contributed by atoms with Crippen molar-refractivity contribution in [2.75, 3.05) is 18.4 Å². The first kappa shape index (κ1) is 18.5. The standard InChI is InChI=1S/C17H17F5N4/c18-13-4-3-11(6-14(13)19)8-26-5-1-2-12(9-26)25-16-7-15(17(20,21)22)23-10-24-16/h3-4,6-7,10,12H,1-2,5,8-9H2,(H,23,24,25). The van der Waals surface area contributed by atoms with Crippen molar-refractivity contribution in [1.82, 2.24) is 14.9 Å². The molecule has 1 aromatic heterocycles. The van der Waals surface area contributed by atoms with Crippen LogP contribution in [0.15, 0.2) is 30.6 Å². The normalized spacial score (nSPS) is 18.7. The van der Waals surface area contributed by atoms with Gasteiger partial charge < -0.3 is 5.32 Å². The highest BCUT2D eigenvalue weighted by atomic mass is 19.4. The molecule has 0 bridgehead atoms. The van der Waals surface area contributed by atoms with Crippen LogP contribution in [0.5, 0.6) is 0 Å². The first-order valence-electron chi connectivity index (χ1n) is 8.13. The maximum absolute atomic E-state index is 13.3. The van der Waals surface area contributed by atoms with Gasteiger partial charge in [0.2, 0.25) is 0 Å². The largest absolute Gasteiger partial charge is 0.433 e. The maximum atomic E-state index is 13.3. The number of hydrogen-bond donors (Lipinski definition) is 1. The summed E-state index contributed by atoms with van der Waals surface area (Å²) in [5, 5.41) is 3.00. The number of hydrogen-bond acceptors (Lipinski definition) is 4. The lowest BCUT2D eigenvalue weighted by molar-refractivity contribution is -0.141. The van der Waals surface area contributed by atoms with E-state index in [1.807, 2.05) is 4.90 Å². The molecule has 1 saturated heterocycles. The number of anilines is 1. The molecule has 1 aromatic carbocycles. The molecule has 1 atom stereocenters. The first-order valence-corrected chi connectivity index (χ1v) is 8.13. The molecule has 2 heterocycles. The Hall–Kier alpha value is -2.29. The fourth-order valence-corrected chi connectivity index (χ4v) is 3.01. The molecule has 1 N–H and O–H groups in total. The van der Waals surface area contributed by atoms with Crippen molar-refractivity contribution >= 4 is 5.82 Å². The van der Waals surface area contributed by atoms with E-state index in [1.54, 1.807) is 0 Å². The van der Waals surface area contributed by atoms with Crippen molar-refractivity contribution in [1.29, 1.82) is 0 Å². The summed E-state index contributed by atoms with van der Waals surface area (Å²) in [5.41, 5.74) is -0.351. The predicted molar refractivity (Wildman–Crippen MR) is 85.3 cm³/mol. The van der Waals surface area contributed by atoms with Gasteiger partial charge in [-0.05, 0) is 37.1 Å².